The van der Waals surface area contributed by atoms with Gasteiger partial charge in [-0.3, -0.25) is 0 Å². The van der Waals surface area contributed by atoms with Gasteiger partial charge in [0.25, 0.3) is 0 Å². The van der Waals surface area contributed by atoms with Crippen molar-refractivity contribution in [2.45, 2.75) is 13.0 Å². The number of carbonyl (C=O) groups is 1. The van der Waals surface area contributed by atoms with E-state index < -0.39 is 23.9 Å². The summed E-state index contributed by atoms with van der Waals surface area (Å²) in [5.74, 6) is -0.761. The largest absolute Gasteiger partial charge is 0.445 e. The number of likely N-dealkylation sites (tertiary alicyclic amines) is 1. The highest BCUT2D eigenvalue weighted by molar-refractivity contribution is 5.68. The van der Waals surface area contributed by atoms with Gasteiger partial charge in [-0.1, -0.05) is 30.3 Å². The predicted molar refractivity (Wildman–Crippen MR) is 73.0 cm³/mol. The number of nitrogens with zero attached hydrogens (tertiary/aromatic N) is 1. The summed E-state index contributed by atoms with van der Waals surface area (Å²) < 4.78 is 31.5. The van der Waals surface area contributed by atoms with E-state index in [1.165, 1.54) is 4.90 Å². The van der Waals surface area contributed by atoms with Crippen LogP contribution in [0.2, 0.25) is 0 Å². The van der Waals surface area contributed by atoms with Crippen molar-refractivity contribution in [3.05, 3.63) is 35.9 Å². The first-order valence-electron chi connectivity index (χ1n) is 7.05. The molecule has 2 fully saturated rings. The van der Waals surface area contributed by atoms with Gasteiger partial charge in [0.05, 0.1) is 0 Å². The van der Waals surface area contributed by atoms with E-state index in [1.807, 2.05) is 30.3 Å². The molecule has 1 amide bonds. The SMILES string of the molecule is O=C(OCc1ccccc1)N1CC(C(F)F)C2(CNC2)C1. The molecule has 0 radical (unpaired) electrons. The Morgan fingerprint density at radius 2 is 2.10 bits per heavy atom. The van der Waals surface area contributed by atoms with Crippen molar-refractivity contribution in [3.8, 4) is 0 Å². The zero-order valence-electron chi connectivity index (χ0n) is 11.6. The van der Waals surface area contributed by atoms with E-state index in [0.717, 1.165) is 5.56 Å². The molecule has 0 bridgehead atoms. The molecule has 2 heterocycles. The Hall–Kier alpha value is -1.69. The minimum absolute atomic E-state index is 0.0764. The van der Waals surface area contributed by atoms with E-state index in [1.54, 1.807) is 0 Å². The second-order valence-electron chi connectivity index (χ2n) is 5.83. The summed E-state index contributed by atoms with van der Waals surface area (Å²) >= 11 is 0. The average Bonchev–Trinajstić information content (AvgIpc) is 2.87. The number of amides is 1. The standard InChI is InChI=1S/C15H18F2N2O2/c16-13(17)12-6-19(10-15(12)8-18-9-15)14(20)21-7-11-4-2-1-3-5-11/h1-5,12-13,18H,6-10H2. The fourth-order valence-electron chi connectivity index (χ4n) is 3.11. The smallest absolute Gasteiger partial charge is 0.410 e. The molecule has 2 saturated heterocycles. The summed E-state index contributed by atoms with van der Waals surface area (Å²) in [5.41, 5.74) is 0.412. The third-order valence-electron chi connectivity index (χ3n) is 4.43. The first-order valence-corrected chi connectivity index (χ1v) is 7.05. The molecule has 114 valence electrons. The number of benzene rings is 1. The summed E-state index contributed by atoms with van der Waals surface area (Å²) in [4.78, 5) is 13.5. The van der Waals surface area contributed by atoms with Crippen molar-refractivity contribution < 1.29 is 18.3 Å². The third kappa shape index (κ3) is 2.72. The molecule has 1 atom stereocenters. The zero-order chi connectivity index (χ0) is 14.9. The monoisotopic (exact) mass is 296 g/mol. The number of hydrogen-bond donors (Lipinski definition) is 1. The molecular weight excluding hydrogens is 278 g/mol. The number of rotatable bonds is 3. The number of halogens is 2. The van der Waals surface area contributed by atoms with Crippen LogP contribution in [0.15, 0.2) is 30.3 Å². The van der Waals surface area contributed by atoms with Crippen molar-refractivity contribution in [2.24, 2.45) is 11.3 Å². The molecule has 21 heavy (non-hydrogen) atoms. The van der Waals surface area contributed by atoms with Crippen LogP contribution in [0.25, 0.3) is 0 Å². The number of ether oxygens (including phenoxy) is 1. The molecule has 3 rings (SSSR count). The molecule has 1 spiro atoms. The normalized spacial score (nSPS) is 23.4. The van der Waals surface area contributed by atoms with Crippen molar-refractivity contribution >= 4 is 6.09 Å². The van der Waals surface area contributed by atoms with E-state index in [2.05, 4.69) is 5.32 Å². The maximum Gasteiger partial charge on any atom is 0.410 e. The highest BCUT2D eigenvalue weighted by Crippen LogP contribution is 2.42. The second kappa shape index (κ2) is 5.60. The molecule has 0 aliphatic carbocycles. The molecule has 2 aliphatic heterocycles. The summed E-state index contributed by atoms with van der Waals surface area (Å²) in [6.45, 7) is 1.69. The summed E-state index contributed by atoms with van der Waals surface area (Å²) in [5, 5.41) is 3.03. The number of nitrogens with one attached hydrogen (secondary N) is 1. The first kappa shape index (κ1) is 14.3. The summed E-state index contributed by atoms with van der Waals surface area (Å²) in [6.07, 6.45) is -2.91. The lowest BCUT2D eigenvalue weighted by Crippen LogP contribution is -2.59. The van der Waals surface area contributed by atoms with Gasteiger partial charge in [-0.25, -0.2) is 13.6 Å². The Morgan fingerprint density at radius 3 is 2.62 bits per heavy atom. The topological polar surface area (TPSA) is 41.6 Å². The van der Waals surface area contributed by atoms with Crippen LogP contribution in [0, 0.1) is 11.3 Å². The minimum atomic E-state index is -2.40. The molecule has 1 N–H and O–H groups in total. The van der Waals surface area contributed by atoms with Gasteiger partial charge in [-0.2, -0.15) is 0 Å². The second-order valence-corrected chi connectivity index (χ2v) is 5.83. The third-order valence-corrected chi connectivity index (χ3v) is 4.43. The van der Waals surface area contributed by atoms with Crippen molar-refractivity contribution in [3.63, 3.8) is 0 Å². The fraction of sp³-hybridized carbons (Fsp3) is 0.533. The number of hydrogen-bond acceptors (Lipinski definition) is 3. The highest BCUT2D eigenvalue weighted by atomic mass is 19.3. The molecule has 1 aromatic rings. The molecule has 2 aliphatic rings. The Bertz CT molecular complexity index is 506. The van der Waals surface area contributed by atoms with Crippen molar-refractivity contribution in [1.82, 2.24) is 10.2 Å². The van der Waals surface area contributed by atoms with Crippen LogP contribution < -0.4 is 5.32 Å². The molecule has 6 heteroatoms. The lowest BCUT2D eigenvalue weighted by Gasteiger charge is -2.42. The van der Waals surface area contributed by atoms with Crippen LogP contribution in [0.5, 0.6) is 0 Å². The number of carbonyl (C=O) groups excluding carboxylic acids is 1. The highest BCUT2D eigenvalue weighted by Gasteiger charge is 2.55. The van der Waals surface area contributed by atoms with Gasteiger partial charge in [0.1, 0.15) is 6.61 Å². The predicted octanol–water partition coefficient (Wildman–Crippen LogP) is 2.11. The fourth-order valence-corrected chi connectivity index (χ4v) is 3.11. The molecule has 1 aromatic carbocycles. The molecule has 4 nitrogen and oxygen atoms in total. The molecule has 0 aromatic heterocycles. The maximum absolute atomic E-state index is 13.1. The van der Waals surface area contributed by atoms with Crippen LogP contribution in [-0.2, 0) is 11.3 Å². The summed E-state index contributed by atoms with van der Waals surface area (Å²) in [7, 11) is 0. The van der Waals surface area contributed by atoms with Crippen LogP contribution in [0.4, 0.5) is 13.6 Å². The maximum atomic E-state index is 13.1. The van der Waals surface area contributed by atoms with E-state index in [-0.39, 0.29) is 13.2 Å². The summed E-state index contributed by atoms with van der Waals surface area (Å²) in [6, 6.07) is 9.32. The molecular formula is C15H18F2N2O2. The van der Waals surface area contributed by atoms with Gasteiger partial charge in [-0.15, -0.1) is 0 Å². The van der Waals surface area contributed by atoms with Gasteiger partial charge < -0.3 is 15.0 Å². The van der Waals surface area contributed by atoms with E-state index in [4.69, 9.17) is 4.74 Å². The Morgan fingerprint density at radius 1 is 1.38 bits per heavy atom. The van der Waals surface area contributed by atoms with Crippen LogP contribution in [0.3, 0.4) is 0 Å². The Balaban J connectivity index is 1.58. The van der Waals surface area contributed by atoms with Gasteiger partial charge in [-0.05, 0) is 5.56 Å². The lowest BCUT2D eigenvalue weighted by atomic mass is 9.73. The van der Waals surface area contributed by atoms with Gasteiger partial charge in [0.2, 0.25) is 6.43 Å². The molecule has 1 unspecified atom stereocenters. The lowest BCUT2D eigenvalue weighted by molar-refractivity contribution is -0.00376. The molecule has 0 saturated carbocycles. The Labute approximate surface area is 122 Å². The quantitative estimate of drug-likeness (QED) is 0.929. The van der Waals surface area contributed by atoms with E-state index in [9.17, 15) is 13.6 Å². The number of alkyl halides is 2. The van der Waals surface area contributed by atoms with Crippen molar-refractivity contribution in [2.75, 3.05) is 26.2 Å². The van der Waals surface area contributed by atoms with E-state index >= 15 is 0 Å². The first-order chi connectivity index (χ1) is 10.1. The van der Waals surface area contributed by atoms with Crippen molar-refractivity contribution in [1.29, 1.82) is 0 Å². The zero-order valence-corrected chi connectivity index (χ0v) is 11.6. The van der Waals surface area contributed by atoms with Crippen LogP contribution >= 0.6 is 0 Å². The Kier molecular flexibility index (Phi) is 3.80. The van der Waals surface area contributed by atoms with Crippen LogP contribution in [-0.4, -0.2) is 43.6 Å². The minimum Gasteiger partial charge on any atom is -0.445 e. The van der Waals surface area contributed by atoms with Gasteiger partial charge >= 0.3 is 6.09 Å². The van der Waals surface area contributed by atoms with E-state index in [0.29, 0.717) is 19.6 Å². The van der Waals surface area contributed by atoms with Gasteiger partial charge in [0.15, 0.2) is 0 Å². The average molecular weight is 296 g/mol. The van der Waals surface area contributed by atoms with Gasteiger partial charge in [0, 0.05) is 37.5 Å². The van der Waals surface area contributed by atoms with Crippen LogP contribution in [0.1, 0.15) is 5.56 Å².